The number of nitro groups is 1. The second kappa shape index (κ2) is 7.06. The number of hydrogen-bond acceptors (Lipinski definition) is 5. The topological polar surface area (TPSA) is 113 Å². The molecule has 0 bridgehead atoms. The van der Waals surface area contributed by atoms with Crippen LogP contribution in [0, 0.1) is 22.0 Å². The van der Waals surface area contributed by atoms with Crippen molar-refractivity contribution >= 4 is 27.3 Å². The van der Waals surface area contributed by atoms with Gasteiger partial charge in [-0.2, -0.15) is 0 Å². The number of nitrogens with two attached hydrogens (primary N) is 1. The Hall–Kier alpha value is -1.38. The summed E-state index contributed by atoms with van der Waals surface area (Å²) in [6, 6.07) is 4.03. The van der Waals surface area contributed by atoms with E-state index in [9.17, 15) is 18.5 Å². The molecule has 0 amide bonds. The molecule has 118 valence electrons. The van der Waals surface area contributed by atoms with Crippen LogP contribution in [-0.2, 0) is 10.0 Å². The Labute approximate surface area is 128 Å². The molecule has 0 aliphatic carbocycles. The Balaban J connectivity index is 2.88. The largest absolute Gasteiger partial charge is 0.486 e. The number of benzene rings is 1. The minimum Gasteiger partial charge on any atom is -0.486 e. The fraction of sp³-hybridized carbons (Fsp3) is 0.500. The molecule has 1 aromatic carbocycles. The van der Waals surface area contributed by atoms with Crippen molar-refractivity contribution < 1.29 is 18.1 Å². The third kappa shape index (κ3) is 5.86. The molecular formula is C12H17ClN2O5S. The monoisotopic (exact) mass is 336 g/mol. The lowest BCUT2D eigenvalue weighted by Gasteiger charge is -2.20. The lowest BCUT2D eigenvalue weighted by Crippen LogP contribution is -2.30. The first-order valence-electron chi connectivity index (χ1n) is 6.17. The molecular weight excluding hydrogens is 320 g/mol. The van der Waals surface area contributed by atoms with E-state index in [1.54, 1.807) is 0 Å². The molecule has 1 rings (SSSR count). The zero-order chi connectivity index (χ0) is 16.2. The molecule has 1 atom stereocenters. The van der Waals surface area contributed by atoms with Gasteiger partial charge in [0.1, 0.15) is 0 Å². The van der Waals surface area contributed by atoms with Crippen molar-refractivity contribution in [3.63, 3.8) is 0 Å². The van der Waals surface area contributed by atoms with Gasteiger partial charge < -0.3 is 4.74 Å². The molecule has 0 radical (unpaired) electrons. The number of halogens is 1. The van der Waals surface area contributed by atoms with Crippen molar-refractivity contribution in [3.05, 3.63) is 33.3 Å². The van der Waals surface area contributed by atoms with Crippen LogP contribution in [0.3, 0.4) is 0 Å². The highest BCUT2D eigenvalue weighted by molar-refractivity contribution is 7.89. The van der Waals surface area contributed by atoms with Gasteiger partial charge in [0.15, 0.2) is 5.75 Å². The van der Waals surface area contributed by atoms with Crippen molar-refractivity contribution in [2.24, 2.45) is 17.0 Å². The smallest absolute Gasteiger partial charge is 0.312 e. The standard InChI is InChI=1S/C12H17ClN2O5S/c1-8(2)9(7-21(14,18)19)6-20-12-4-3-10(13)5-11(12)15(16)17/h3-5,8-9H,6-7H2,1-2H3,(H2,14,18,19). The number of sulfonamides is 1. The molecule has 0 aliphatic heterocycles. The van der Waals surface area contributed by atoms with E-state index >= 15 is 0 Å². The predicted molar refractivity (Wildman–Crippen MR) is 79.9 cm³/mol. The summed E-state index contributed by atoms with van der Waals surface area (Å²) in [5.74, 6) is -0.569. The number of nitro benzene ring substituents is 1. The van der Waals surface area contributed by atoms with E-state index in [4.69, 9.17) is 21.5 Å². The van der Waals surface area contributed by atoms with Crippen LogP contribution in [0.25, 0.3) is 0 Å². The van der Waals surface area contributed by atoms with E-state index in [1.165, 1.54) is 18.2 Å². The molecule has 0 heterocycles. The lowest BCUT2D eigenvalue weighted by atomic mass is 9.99. The maximum Gasteiger partial charge on any atom is 0.312 e. The fourth-order valence-electron chi connectivity index (χ4n) is 1.68. The highest BCUT2D eigenvalue weighted by Gasteiger charge is 2.22. The Morgan fingerprint density at radius 3 is 2.52 bits per heavy atom. The summed E-state index contributed by atoms with van der Waals surface area (Å²) >= 11 is 5.71. The van der Waals surface area contributed by atoms with E-state index in [1.807, 2.05) is 13.8 Å². The van der Waals surface area contributed by atoms with E-state index in [2.05, 4.69) is 0 Å². The van der Waals surface area contributed by atoms with Crippen molar-refractivity contribution in [1.82, 2.24) is 0 Å². The van der Waals surface area contributed by atoms with Crippen LogP contribution in [0.5, 0.6) is 5.75 Å². The van der Waals surface area contributed by atoms with Crippen LogP contribution in [0.2, 0.25) is 5.02 Å². The van der Waals surface area contributed by atoms with Crippen molar-refractivity contribution in [3.8, 4) is 5.75 Å². The Morgan fingerprint density at radius 1 is 1.43 bits per heavy atom. The van der Waals surface area contributed by atoms with E-state index < -0.39 is 14.9 Å². The fourth-order valence-corrected chi connectivity index (χ4v) is 2.93. The summed E-state index contributed by atoms with van der Waals surface area (Å²) in [5.41, 5.74) is -0.263. The molecule has 0 fully saturated rings. The number of nitrogens with zero attached hydrogens (tertiary/aromatic N) is 1. The lowest BCUT2D eigenvalue weighted by molar-refractivity contribution is -0.385. The average molecular weight is 337 g/mol. The third-order valence-corrected chi connectivity index (χ3v) is 4.09. The number of primary sulfonamides is 1. The minimum atomic E-state index is -3.64. The first-order chi connectivity index (χ1) is 9.60. The van der Waals surface area contributed by atoms with Crippen LogP contribution in [0.4, 0.5) is 5.69 Å². The third-order valence-electron chi connectivity index (χ3n) is 2.96. The zero-order valence-corrected chi connectivity index (χ0v) is 13.2. The summed E-state index contributed by atoms with van der Waals surface area (Å²) in [6.45, 7) is 3.67. The van der Waals surface area contributed by atoms with Gasteiger partial charge in [0, 0.05) is 17.0 Å². The van der Waals surface area contributed by atoms with Gasteiger partial charge in [-0.3, -0.25) is 10.1 Å². The molecule has 0 aliphatic rings. The average Bonchev–Trinajstić information content (AvgIpc) is 2.33. The molecule has 2 N–H and O–H groups in total. The molecule has 1 aromatic rings. The van der Waals surface area contributed by atoms with Crippen LogP contribution < -0.4 is 9.88 Å². The highest BCUT2D eigenvalue weighted by atomic mass is 35.5. The summed E-state index contributed by atoms with van der Waals surface area (Å²) in [7, 11) is -3.64. The molecule has 0 aromatic heterocycles. The van der Waals surface area contributed by atoms with Gasteiger partial charge in [-0.05, 0) is 18.1 Å². The SMILES string of the molecule is CC(C)C(COc1ccc(Cl)cc1[N+](=O)[O-])CS(N)(=O)=O. The second-order valence-corrected chi connectivity index (χ2v) is 7.11. The Morgan fingerprint density at radius 2 is 2.05 bits per heavy atom. The number of hydrogen-bond donors (Lipinski definition) is 1. The molecule has 0 saturated heterocycles. The molecule has 21 heavy (non-hydrogen) atoms. The normalized spacial score (nSPS) is 13.2. The maximum atomic E-state index is 11.2. The van der Waals surface area contributed by atoms with Crippen LogP contribution in [0.15, 0.2) is 18.2 Å². The van der Waals surface area contributed by atoms with Crippen LogP contribution in [0.1, 0.15) is 13.8 Å². The van der Waals surface area contributed by atoms with E-state index in [0.29, 0.717) is 0 Å². The molecule has 9 heteroatoms. The van der Waals surface area contributed by atoms with Gasteiger partial charge in [-0.1, -0.05) is 25.4 Å². The number of rotatable bonds is 7. The van der Waals surface area contributed by atoms with E-state index in [0.717, 1.165) is 0 Å². The number of ether oxygens (including phenoxy) is 1. The van der Waals surface area contributed by atoms with Gasteiger partial charge in [0.2, 0.25) is 10.0 Å². The second-order valence-electron chi connectivity index (χ2n) is 5.01. The van der Waals surface area contributed by atoms with Crippen molar-refractivity contribution in [2.75, 3.05) is 12.4 Å². The Kier molecular flexibility index (Phi) is 5.94. The zero-order valence-electron chi connectivity index (χ0n) is 11.7. The van der Waals surface area contributed by atoms with Gasteiger partial charge >= 0.3 is 5.69 Å². The Bertz CT molecular complexity index is 618. The van der Waals surface area contributed by atoms with Crippen molar-refractivity contribution in [1.29, 1.82) is 0 Å². The van der Waals surface area contributed by atoms with Gasteiger partial charge in [0.05, 0.1) is 17.3 Å². The molecule has 1 unspecified atom stereocenters. The van der Waals surface area contributed by atoms with Crippen LogP contribution in [-0.4, -0.2) is 25.7 Å². The molecule has 0 spiro atoms. The molecule has 0 saturated carbocycles. The maximum absolute atomic E-state index is 11.2. The quantitative estimate of drug-likeness (QED) is 0.605. The van der Waals surface area contributed by atoms with Gasteiger partial charge in [-0.15, -0.1) is 0 Å². The summed E-state index contributed by atoms with van der Waals surface area (Å²) < 4.78 is 27.8. The summed E-state index contributed by atoms with van der Waals surface area (Å²) in [4.78, 5) is 10.3. The van der Waals surface area contributed by atoms with Gasteiger partial charge in [0.25, 0.3) is 0 Å². The highest BCUT2D eigenvalue weighted by Crippen LogP contribution is 2.30. The predicted octanol–water partition coefficient (Wildman–Crippen LogP) is 2.19. The van der Waals surface area contributed by atoms with Crippen LogP contribution >= 0.6 is 11.6 Å². The van der Waals surface area contributed by atoms with Gasteiger partial charge in [-0.25, -0.2) is 13.6 Å². The minimum absolute atomic E-state index is 0.00492. The summed E-state index contributed by atoms with van der Waals surface area (Å²) in [6.07, 6.45) is 0. The molecule has 7 nitrogen and oxygen atoms in total. The van der Waals surface area contributed by atoms with E-state index in [-0.39, 0.29) is 40.7 Å². The van der Waals surface area contributed by atoms with Crippen molar-refractivity contribution in [2.45, 2.75) is 13.8 Å². The first-order valence-corrected chi connectivity index (χ1v) is 8.26. The summed E-state index contributed by atoms with van der Waals surface area (Å²) in [5, 5.41) is 16.2. The first kappa shape index (κ1) is 17.7.